The molecular formula is C15H20ClN5OS. The van der Waals surface area contributed by atoms with E-state index < -0.39 is 0 Å². The van der Waals surface area contributed by atoms with Crippen LogP contribution in [-0.4, -0.2) is 29.5 Å². The van der Waals surface area contributed by atoms with Crippen LogP contribution in [-0.2, 0) is 6.54 Å². The Labute approximate surface area is 144 Å². The van der Waals surface area contributed by atoms with Gasteiger partial charge in [-0.15, -0.1) is 0 Å². The summed E-state index contributed by atoms with van der Waals surface area (Å²) in [6.07, 6.45) is 0. The molecule has 2 heterocycles. The molecule has 2 aromatic rings. The lowest BCUT2D eigenvalue weighted by Crippen LogP contribution is -2.28. The number of halogens is 1. The SMILES string of the molecule is CC(C)CN(C)c1nc(N)c(C(=O)NCc2ccsc2)nc1Cl. The lowest BCUT2D eigenvalue weighted by atomic mass is 10.2. The molecule has 3 N–H and O–H groups in total. The molecule has 2 aromatic heterocycles. The molecule has 0 bridgehead atoms. The smallest absolute Gasteiger partial charge is 0.274 e. The van der Waals surface area contributed by atoms with Crippen LogP contribution in [0.3, 0.4) is 0 Å². The number of nitrogens with zero attached hydrogens (tertiary/aromatic N) is 3. The van der Waals surface area contributed by atoms with Crippen molar-refractivity contribution in [3.63, 3.8) is 0 Å². The van der Waals surface area contributed by atoms with E-state index in [9.17, 15) is 4.79 Å². The lowest BCUT2D eigenvalue weighted by molar-refractivity contribution is 0.0946. The fraction of sp³-hybridized carbons (Fsp3) is 0.400. The number of rotatable bonds is 6. The quantitative estimate of drug-likeness (QED) is 0.834. The van der Waals surface area contributed by atoms with Gasteiger partial charge in [-0.2, -0.15) is 11.3 Å². The zero-order valence-electron chi connectivity index (χ0n) is 13.3. The molecule has 0 aliphatic rings. The number of anilines is 2. The predicted octanol–water partition coefficient (Wildman–Crippen LogP) is 2.80. The Morgan fingerprint density at radius 1 is 1.48 bits per heavy atom. The van der Waals surface area contributed by atoms with E-state index >= 15 is 0 Å². The minimum absolute atomic E-state index is 0.0481. The Morgan fingerprint density at radius 3 is 2.83 bits per heavy atom. The van der Waals surface area contributed by atoms with Crippen molar-refractivity contribution >= 4 is 40.5 Å². The highest BCUT2D eigenvalue weighted by Crippen LogP contribution is 2.24. The molecule has 0 saturated carbocycles. The van der Waals surface area contributed by atoms with Crippen molar-refractivity contribution in [2.45, 2.75) is 20.4 Å². The molecule has 124 valence electrons. The molecule has 8 heteroatoms. The third-order valence-corrected chi connectivity index (χ3v) is 4.10. The van der Waals surface area contributed by atoms with Crippen LogP contribution >= 0.6 is 22.9 Å². The zero-order chi connectivity index (χ0) is 17.0. The maximum atomic E-state index is 12.2. The molecular weight excluding hydrogens is 334 g/mol. The second-order valence-corrected chi connectivity index (χ2v) is 6.80. The first kappa shape index (κ1) is 17.5. The molecule has 0 spiro atoms. The van der Waals surface area contributed by atoms with Gasteiger partial charge in [0, 0.05) is 20.1 Å². The molecule has 0 aromatic carbocycles. The molecule has 0 saturated heterocycles. The van der Waals surface area contributed by atoms with Gasteiger partial charge in [0.2, 0.25) is 0 Å². The van der Waals surface area contributed by atoms with Crippen LogP contribution in [0.4, 0.5) is 11.6 Å². The summed E-state index contributed by atoms with van der Waals surface area (Å²) in [6, 6.07) is 1.94. The van der Waals surface area contributed by atoms with Gasteiger partial charge in [-0.25, -0.2) is 9.97 Å². The summed E-state index contributed by atoms with van der Waals surface area (Å²) in [5.41, 5.74) is 6.96. The van der Waals surface area contributed by atoms with Gasteiger partial charge in [0.15, 0.2) is 22.5 Å². The third kappa shape index (κ3) is 4.56. The van der Waals surface area contributed by atoms with Crippen LogP contribution in [0.1, 0.15) is 29.9 Å². The molecule has 0 atom stereocenters. The minimum atomic E-state index is -0.388. The van der Waals surface area contributed by atoms with Crippen LogP contribution in [0, 0.1) is 5.92 Å². The Hall–Kier alpha value is -1.86. The van der Waals surface area contributed by atoms with Gasteiger partial charge < -0.3 is 16.0 Å². The van der Waals surface area contributed by atoms with E-state index in [-0.39, 0.29) is 22.6 Å². The Morgan fingerprint density at radius 2 is 2.22 bits per heavy atom. The molecule has 2 rings (SSSR count). The minimum Gasteiger partial charge on any atom is -0.382 e. The topological polar surface area (TPSA) is 84.1 Å². The van der Waals surface area contributed by atoms with Crippen LogP contribution < -0.4 is 16.0 Å². The van der Waals surface area contributed by atoms with Gasteiger partial charge in [0.25, 0.3) is 5.91 Å². The van der Waals surface area contributed by atoms with Crippen molar-refractivity contribution in [2.75, 3.05) is 24.2 Å². The van der Waals surface area contributed by atoms with Crippen molar-refractivity contribution in [1.82, 2.24) is 15.3 Å². The number of thiophene rings is 1. The van der Waals surface area contributed by atoms with Crippen molar-refractivity contribution in [3.8, 4) is 0 Å². The van der Waals surface area contributed by atoms with Crippen LogP contribution in [0.5, 0.6) is 0 Å². The Bertz CT molecular complexity index is 675. The fourth-order valence-corrected chi connectivity index (χ4v) is 3.06. The molecule has 0 fully saturated rings. The number of carbonyl (C=O) groups excluding carboxylic acids is 1. The van der Waals surface area contributed by atoms with Gasteiger partial charge in [-0.3, -0.25) is 4.79 Å². The van der Waals surface area contributed by atoms with E-state index in [0.717, 1.165) is 12.1 Å². The van der Waals surface area contributed by atoms with Crippen LogP contribution in [0.15, 0.2) is 16.8 Å². The summed E-state index contributed by atoms with van der Waals surface area (Å²) in [4.78, 5) is 22.5. The monoisotopic (exact) mass is 353 g/mol. The number of amides is 1. The van der Waals surface area contributed by atoms with Gasteiger partial charge in [0.05, 0.1) is 0 Å². The Balaban J connectivity index is 2.13. The Kier molecular flexibility index (Phi) is 5.79. The van der Waals surface area contributed by atoms with E-state index in [4.69, 9.17) is 17.3 Å². The maximum Gasteiger partial charge on any atom is 0.274 e. The number of nitrogen functional groups attached to an aromatic ring is 1. The molecule has 23 heavy (non-hydrogen) atoms. The van der Waals surface area contributed by atoms with E-state index in [0.29, 0.717) is 18.3 Å². The second-order valence-electron chi connectivity index (χ2n) is 5.66. The molecule has 0 radical (unpaired) electrons. The molecule has 0 unspecified atom stereocenters. The standard InChI is InChI=1S/C15H20ClN5OS/c1-9(2)7-21(3)14-12(16)19-11(13(17)20-14)15(22)18-6-10-4-5-23-8-10/h4-5,8-9H,6-7H2,1-3H3,(H2,17,20)(H,18,22). The van der Waals surface area contributed by atoms with Gasteiger partial charge >= 0.3 is 0 Å². The average Bonchev–Trinajstić information content (AvgIpc) is 2.99. The van der Waals surface area contributed by atoms with Gasteiger partial charge in [-0.05, 0) is 28.3 Å². The predicted molar refractivity (Wildman–Crippen MR) is 95.1 cm³/mol. The van der Waals surface area contributed by atoms with E-state index in [1.165, 1.54) is 0 Å². The number of nitrogens with two attached hydrogens (primary N) is 1. The first-order valence-electron chi connectivity index (χ1n) is 7.22. The highest BCUT2D eigenvalue weighted by atomic mass is 35.5. The summed E-state index contributed by atoms with van der Waals surface area (Å²) in [5, 5.41) is 6.85. The summed E-state index contributed by atoms with van der Waals surface area (Å²) >= 11 is 7.75. The molecule has 1 amide bonds. The number of aromatic nitrogens is 2. The third-order valence-electron chi connectivity index (χ3n) is 3.11. The molecule has 0 aliphatic carbocycles. The number of hydrogen-bond acceptors (Lipinski definition) is 6. The lowest BCUT2D eigenvalue weighted by Gasteiger charge is -2.21. The number of hydrogen-bond donors (Lipinski definition) is 2. The second kappa shape index (κ2) is 7.61. The summed E-state index contributed by atoms with van der Waals surface area (Å²) in [6.45, 7) is 5.36. The largest absolute Gasteiger partial charge is 0.382 e. The highest BCUT2D eigenvalue weighted by molar-refractivity contribution is 7.07. The van der Waals surface area contributed by atoms with Gasteiger partial charge in [-0.1, -0.05) is 25.4 Å². The summed E-state index contributed by atoms with van der Waals surface area (Å²) in [5.74, 6) is 0.601. The number of carbonyl (C=O) groups is 1. The van der Waals surface area contributed by atoms with Crippen LogP contribution in [0.2, 0.25) is 5.15 Å². The van der Waals surface area contributed by atoms with Gasteiger partial charge in [0.1, 0.15) is 0 Å². The highest BCUT2D eigenvalue weighted by Gasteiger charge is 2.19. The van der Waals surface area contributed by atoms with E-state index in [2.05, 4.69) is 29.1 Å². The van der Waals surface area contributed by atoms with Crippen molar-refractivity contribution in [1.29, 1.82) is 0 Å². The first-order chi connectivity index (χ1) is 10.9. The van der Waals surface area contributed by atoms with Crippen molar-refractivity contribution in [3.05, 3.63) is 33.2 Å². The summed E-state index contributed by atoms with van der Waals surface area (Å²) < 4.78 is 0. The maximum absolute atomic E-state index is 12.2. The van der Waals surface area contributed by atoms with E-state index in [1.54, 1.807) is 11.3 Å². The summed E-state index contributed by atoms with van der Waals surface area (Å²) in [7, 11) is 1.87. The number of nitrogens with one attached hydrogen (secondary N) is 1. The van der Waals surface area contributed by atoms with Crippen molar-refractivity contribution < 1.29 is 4.79 Å². The fourth-order valence-electron chi connectivity index (χ4n) is 2.12. The van der Waals surface area contributed by atoms with Crippen LogP contribution in [0.25, 0.3) is 0 Å². The molecule has 6 nitrogen and oxygen atoms in total. The first-order valence-corrected chi connectivity index (χ1v) is 8.54. The van der Waals surface area contributed by atoms with Crippen molar-refractivity contribution in [2.24, 2.45) is 5.92 Å². The van der Waals surface area contributed by atoms with E-state index in [1.807, 2.05) is 28.8 Å². The molecule has 0 aliphatic heterocycles. The zero-order valence-corrected chi connectivity index (χ0v) is 14.9. The average molecular weight is 354 g/mol. The normalized spacial score (nSPS) is 10.8.